The van der Waals surface area contributed by atoms with Crippen molar-refractivity contribution < 1.29 is 4.79 Å². The van der Waals surface area contributed by atoms with Crippen molar-refractivity contribution in [2.45, 2.75) is 51.5 Å². The Labute approximate surface area is 86.4 Å². The fraction of sp³-hybridized carbons (Fsp3) is 0.909. The molecule has 1 aliphatic rings. The van der Waals surface area contributed by atoms with E-state index in [1.165, 1.54) is 38.5 Å². The first kappa shape index (κ1) is 11.5. The molecule has 0 radical (unpaired) electrons. The SMILES string of the molecule is C[C@H](NC(=O)CN)C1CCCCCC1. The summed E-state index contributed by atoms with van der Waals surface area (Å²) in [6.07, 6.45) is 7.85. The number of rotatable bonds is 3. The number of nitrogens with two attached hydrogens (primary N) is 1. The Balaban J connectivity index is 2.33. The fourth-order valence-corrected chi connectivity index (χ4v) is 2.24. The molecule has 1 rings (SSSR count). The number of nitrogens with one attached hydrogen (secondary N) is 1. The molecule has 0 heterocycles. The second-order valence-electron chi connectivity index (χ2n) is 4.31. The Kier molecular flexibility index (Phi) is 4.94. The summed E-state index contributed by atoms with van der Waals surface area (Å²) < 4.78 is 0. The Morgan fingerprint density at radius 1 is 1.36 bits per heavy atom. The molecule has 0 unspecified atom stereocenters. The molecule has 1 amide bonds. The number of hydrogen-bond acceptors (Lipinski definition) is 2. The van der Waals surface area contributed by atoms with Gasteiger partial charge >= 0.3 is 0 Å². The summed E-state index contributed by atoms with van der Waals surface area (Å²) in [4.78, 5) is 11.1. The molecule has 0 bridgehead atoms. The Bertz CT molecular complexity index is 174. The van der Waals surface area contributed by atoms with Gasteiger partial charge in [0.05, 0.1) is 6.54 Å². The van der Waals surface area contributed by atoms with Crippen molar-refractivity contribution in [2.75, 3.05) is 6.54 Å². The quantitative estimate of drug-likeness (QED) is 0.674. The first-order valence-corrected chi connectivity index (χ1v) is 5.73. The summed E-state index contributed by atoms with van der Waals surface area (Å²) in [5.74, 6) is 0.634. The maximum absolute atomic E-state index is 11.1. The average Bonchev–Trinajstić information content (AvgIpc) is 2.45. The van der Waals surface area contributed by atoms with E-state index in [9.17, 15) is 4.79 Å². The highest BCUT2D eigenvalue weighted by molar-refractivity contribution is 5.78. The van der Waals surface area contributed by atoms with Gasteiger partial charge in [0.2, 0.25) is 5.91 Å². The van der Waals surface area contributed by atoms with Crippen LogP contribution in [0.1, 0.15) is 45.4 Å². The van der Waals surface area contributed by atoms with Gasteiger partial charge in [0.25, 0.3) is 0 Å². The zero-order valence-corrected chi connectivity index (χ0v) is 9.09. The highest BCUT2D eigenvalue weighted by atomic mass is 16.1. The van der Waals surface area contributed by atoms with Gasteiger partial charge in [0.15, 0.2) is 0 Å². The Morgan fingerprint density at radius 3 is 2.43 bits per heavy atom. The standard InChI is InChI=1S/C11H22N2O/c1-9(13-11(14)8-12)10-6-4-2-3-5-7-10/h9-10H,2-8,12H2,1H3,(H,13,14)/t9-/m0/s1. The van der Waals surface area contributed by atoms with E-state index in [-0.39, 0.29) is 12.5 Å². The van der Waals surface area contributed by atoms with Gasteiger partial charge in [-0.2, -0.15) is 0 Å². The molecule has 1 aliphatic carbocycles. The molecule has 0 aromatic carbocycles. The molecule has 82 valence electrons. The molecule has 1 fully saturated rings. The Hall–Kier alpha value is -0.570. The molecule has 0 aliphatic heterocycles. The summed E-state index contributed by atoms with van der Waals surface area (Å²) in [6.45, 7) is 2.21. The van der Waals surface area contributed by atoms with Crippen LogP contribution in [0.4, 0.5) is 0 Å². The van der Waals surface area contributed by atoms with Crippen LogP contribution in [0.25, 0.3) is 0 Å². The van der Waals surface area contributed by atoms with Crippen LogP contribution in [0.15, 0.2) is 0 Å². The lowest BCUT2D eigenvalue weighted by atomic mass is 9.93. The van der Waals surface area contributed by atoms with E-state index in [0.717, 1.165) is 0 Å². The van der Waals surface area contributed by atoms with Gasteiger partial charge in [0.1, 0.15) is 0 Å². The van der Waals surface area contributed by atoms with Crippen LogP contribution < -0.4 is 11.1 Å². The molecule has 3 N–H and O–H groups in total. The topological polar surface area (TPSA) is 55.1 Å². The third-order valence-corrected chi connectivity index (χ3v) is 3.18. The van der Waals surface area contributed by atoms with E-state index in [1.807, 2.05) is 0 Å². The van der Waals surface area contributed by atoms with Crippen molar-refractivity contribution >= 4 is 5.91 Å². The van der Waals surface area contributed by atoms with E-state index in [1.54, 1.807) is 0 Å². The van der Waals surface area contributed by atoms with Crippen LogP contribution in [0.3, 0.4) is 0 Å². The van der Waals surface area contributed by atoms with Crippen molar-refractivity contribution in [3.8, 4) is 0 Å². The molecule has 3 heteroatoms. The van der Waals surface area contributed by atoms with Gasteiger partial charge < -0.3 is 11.1 Å². The molecule has 1 atom stereocenters. The van der Waals surface area contributed by atoms with Crippen LogP contribution >= 0.6 is 0 Å². The smallest absolute Gasteiger partial charge is 0.233 e. The fourth-order valence-electron chi connectivity index (χ4n) is 2.24. The molecule has 0 aromatic heterocycles. The lowest BCUT2D eigenvalue weighted by Crippen LogP contribution is -2.41. The minimum absolute atomic E-state index is 0.0262. The van der Waals surface area contributed by atoms with Gasteiger partial charge in [-0.3, -0.25) is 4.79 Å². The maximum atomic E-state index is 11.1. The van der Waals surface area contributed by atoms with Crippen molar-refractivity contribution in [1.29, 1.82) is 0 Å². The normalized spacial score (nSPS) is 21.3. The van der Waals surface area contributed by atoms with Crippen LogP contribution in [-0.2, 0) is 4.79 Å². The van der Waals surface area contributed by atoms with Gasteiger partial charge in [-0.1, -0.05) is 25.7 Å². The van der Waals surface area contributed by atoms with Gasteiger partial charge in [-0.05, 0) is 25.7 Å². The van der Waals surface area contributed by atoms with Gasteiger partial charge in [-0.15, -0.1) is 0 Å². The first-order chi connectivity index (χ1) is 6.74. The predicted molar refractivity (Wildman–Crippen MR) is 57.9 cm³/mol. The largest absolute Gasteiger partial charge is 0.352 e. The van der Waals surface area contributed by atoms with Crippen molar-refractivity contribution in [1.82, 2.24) is 5.32 Å². The van der Waals surface area contributed by atoms with Gasteiger partial charge in [0, 0.05) is 6.04 Å². The van der Waals surface area contributed by atoms with Crippen molar-refractivity contribution in [3.05, 3.63) is 0 Å². The van der Waals surface area contributed by atoms with E-state index in [2.05, 4.69) is 12.2 Å². The maximum Gasteiger partial charge on any atom is 0.233 e. The minimum Gasteiger partial charge on any atom is -0.352 e. The van der Waals surface area contributed by atoms with Gasteiger partial charge in [-0.25, -0.2) is 0 Å². The van der Waals surface area contributed by atoms with Crippen molar-refractivity contribution in [2.24, 2.45) is 11.7 Å². The van der Waals surface area contributed by atoms with Crippen LogP contribution in [0, 0.1) is 5.92 Å². The number of hydrogen-bond donors (Lipinski definition) is 2. The predicted octanol–water partition coefficient (Wildman–Crippen LogP) is 1.42. The molecule has 14 heavy (non-hydrogen) atoms. The Morgan fingerprint density at radius 2 is 1.93 bits per heavy atom. The third-order valence-electron chi connectivity index (χ3n) is 3.18. The summed E-state index contributed by atoms with van der Waals surface area (Å²) >= 11 is 0. The summed E-state index contributed by atoms with van der Waals surface area (Å²) in [6, 6.07) is 0.296. The molecular weight excluding hydrogens is 176 g/mol. The third kappa shape index (κ3) is 3.66. The van der Waals surface area contributed by atoms with Crippen LogP contribution in [0.5, 0.6) is 0 Å². The lowest BCUT2D eigenvalue weighted by Gasteiger charge is -2.23. The first-order valence-electron chi connectivity index (χ1n) is 5.73. The second kappa shape index (κ2) is 6.02. The number of amides is 1. The van der Waals surface area contributed by atoms with E-state index < -0.39 is 0 Å². The summed E-state index contributed by atoms with van der Waals surface area (Å²) in [7, 11) is 0. The monoisotopic (exact) mass is 198 g/mol. The van der Waals surface area contributed by atoms with Crippen LogP contribution in [-0.4, -0.2) is 18.5 Å². The minimum atomic E-state index is -0.0262. The highest BCUT2D eigenvalue weighted by Crippen LogP contribution is 2.25. The summed E-state index contributed by atoms with van der Waals surface area (Å²) in [5, 5.41) is 2.96. The molecule has 1 saturated carbocycles. The molecular formula is C11H22N2O. The number of carbonyl (C=O) groups excluding carboxylic acids is 1. The van der Waals surface area contributed by atoms with E-state index in [0.29, 0.717) is 12.0 Å². The molecule has 0 saturated heterocycles. The van der Waals surface area contributed by atoms with Crippen molar-refractivity contribution in [3.63, 3.8) is 0 Å². The second-order valence-corrected chi connectivity index (χ2v) is 4.31. The highest BCUT2D eigenvalue weighted by Gasteiger charge is 2.19. The number of carbonyl (C=O) groups is 1. The van der Waals surface area contributed by atoms with E-state index in [4.69, 9.17) is 5.73 Å². The zero-order chi connectivity index (χ0) is 10.4. The molecule has 0 spiro atoms. The molecule has 0 aromatic rings. The summed E-state index contributed by atoms with van der Waals surface area (Å²) in [5.41, 5.74) is 5.27. The lowest BCUT2D eigenvalue weighted by molar-refractivity contribution is -0.120. The zero-order valence-electron chi connectivity index (χ0n) is 9.09. The molecule has 3 nitrogen and oxygen atoms in total. The van der Waals surface area contributed by atoms with E-state index >= 15 is 0 Å². The van der Waals surface area contributed by atoms with Crippen LogP contribution in [0.2, 0.25) is 0 Å². The average molecular weight is 198 g/mol.